The molecular weight excluding hydrogens is 379 g/mol. The van der Waals surface area contributed by atoms with Gasteiger partial charge in [0.05, 0.1) is 6.61 Å². The first kappa shape index (κ1) is 19.0. The van der Waals surface area contributed by atoms with Crippen LogP contribution in [0.5, 0.6) is 0 Å². The van der Waals surface area contributed by atoms with Crippen molar-refractivity contribution in [3.63, 3.8) is 0 Å². The first-order valence-electron chi connectivity index (χ1n) is 7.87. The molecule has 6 heteroatoms. The van der Waals surface area contributed by atoms with Gasteiger partial charge in [0.1, 0.15) is 0 Å². The number of rotatable bonds is 4. The predicted molar refractivity (Wildman–Crippen MR) is 98.6 cm³/mol. The molecule has 1 N–H and O–H groups in total. The molecule has 5 nitrogen and oxygen atoms in total. The Balaban J connectivity index is 0.00000220. The molecule has 0 aromatic heterocycles. The molecule has 0 spiro atoms. The van der Waals surface area contributed by atoms with Crippen LogP contribution < -0.4 is 5.32 Å². The van der Waals surface area contributed by atoms with Crippen molar-refractivity contribution in [1.82, 2.24) is 15.1 Å². The van der Waals surface area contributed by atoms with Crippen molar-refractivity contribution < 1.29 is 4.74 Å². The molecule has 0 aromatic rings. The number of aliphatic imine (C=N–C) groups is 1. The molecule has 2 atom stereocenters. The van der Waals surface area contributed by atoms with E-state index < -0.39 is 0 Å². The van der Waals surface area contributed by atoms with Crippen LogP contribution in [0.3, 0.4) is 0 Å². The fraction of sp³-hybridized carbons (Fsp3) is 0.933. The number of halogens is 1. The van der Waals surface area contributed by atoms with Gasteiger partial charge in [-0.25, -0.2) is 0 Å². The Kier molecular flexibility index (Phi) is 8.89. The second-order valence-corrected chi connectivity index (χ2v) is 6.31. The van der Waals surface area contributed by atoms with E-state index in [0.29, 0.717) is 5.92 Å². The highest BCUT2D eigenvalue weighted by Crippen LogP contribution is 2.15. The fourth-order valence-corrected chi connectivity index (χ4v) is 3.26. The van der Waals surface area contributed by atoms with Crippen molar-refractivity contribution in [2.45, 2.75) is 19.3 Å². The summed E-state index contributed by atoms with van der Waals surface area (Å²) in [4.78, 5) is 9.08. The molecule has 2 unspecified atom stereocenters. The van der Waals surface area contributed by atoms with Crippen LogP contribution >= 0.6 is 24.0 Å². The minimum atomic E-state index is 0. The molecule has 2 aliphatic rings. The molecule has 0 amide bonds. The van der Waals surface area contributed by atoms with Crippen LogP contribution in [-0.4, -0.2) is 76.3 Å². The van der Waals surface area contributed by atoms with Gasteiger partial charge in [-0.3, -0.25) is 4.99 Å². The Bertz CT molecular complexity index is 321. The van der Waals surface area contributed by atoms with Gasteiger partial charge in [0.2, 0.25) is 0 Å². The molecule has 124 valence electrons. The average Bonchev–Trinajstić information content (AvgIpc) is 2.92. The van der Waals surface area contributed by atoms with Gasteiger partial charge in [-0.2, -0.15) is 0 Å². The van der Waals surface area contributed by atoms with Crippen molar-refractivity contribution in [3.05, 3.63) is 0 Å². The maximum atomic E-state index is 5.45. The minimum Gasteiger partial charge on any atom is -0.381 e. The summed E-state index contributed by atoms with van der Waals surface area (Å²) in [6, 6.07) is 0. The van der Waals surface area contributed by atoms with E-state index in [0.717, 1.165) is 38.2 Å². The molecule has 0 bridgehead atoms. The van der Waals surface area contributed by atoms with Crippen molar-refractivity contribution in [3.8, 4) is 0 Å². The smallest absolute Gasteiger partial charge is 0.193 e. The van der Waals surface area contributed by atoms with Gasteiger partial charge < -0.3 is 19.9 Å². The lowest BCUT2D eigenvalue weighted by molar-refractivity contribution is 0.181. The predicted octanol–water partition coefficient (Wildman–Crippen LogP) is 1.49. The molecule has 2 aliphatic heterocycles. The maximum absolute atomic E-state index is 5.45. The van der Waals surface area contributed by atoms with E-state index in [1.165, 1.54) is 32.4 Å². The Morgan fingerprint density at radius 1 is 1.38 bits per heavy atom. The van der Waals surface area contributed by atoms with Crippen molar-refractivity contribution in [2.24, 2.45) is 16.8 Å². The Morgan fingerprint density at radius 3 is 2.81 bits per heavy atom. The van der Waals surface area contributed by atoms with Crippen LogP contribution in [0.15, 0.2) is 4.99 Å². The van der Waals surface area contributed by atoms with Gasteiger partial charge >= 0.3 is 0 Å². The van der Waals surface area contributed by atoms with Gasteiger partial charge in [-0.1, -0.05) is 0 Å². The normalized spacial score (nSPS) is 27.3. The molecule has 2 rings (SSSR count). The third kappa shape index (κ3) is 6.28. The van der Waals surface area contributed by atoms with Gasteiger partial charge in [-0.15, -0.1) is 24.0 Å². The van der Waals surface area contributed by atoms with Crippen LogP contribution in [0, 0.1) is 11.8 Å². The summed E-state index contributed by atoms with van der Waals surface area (Å²) in [7, 11) is 6.21. The molecule has 0 saturated carbocycles. The second-order valence-electron chi connectivity index (χ2n) is 6.31. The van der Waals surface area contributed by atoms with Crippen molar-refractivity contribution in [1.29, 1.82) is 0 Å². The average molecular weight is 410 g/mol. The van der Waals surface area contributed by atoms with E-state index in [1.807, 2.05) is 7.05 Å². The standard InChI is InChI=1S/C15H30N4O.HI/c1-16-15(19(3)11-14-6-8-20-12-14)17-9-13-5-4-7-18(2)10-13;/h13-14H,4-12H2,1-3H3,(H,16,17);1H. The first-order valence-corrected chi connectivity index (χ1v) is 7.87. The lowest BCUT2D eigenvalue weighted by atomic mass is 9.98. The number of ether oxygens (including phenoxy) is 1. The summed E-state index contributed by atoms with van der Waals surface area (Å²) in [6.45, 7) is 6.32. The highest BCUT2D eigenvalue weighted by molar-refractivity contribution is 14.0. The van der Waals surface area contributed by atoms with Gasteiger partial charge in [0.15, 0.2) is 5.96 Å². The van der Waals surface area contributed by atoms with Crippen molar-refractivity contribution in [2.75, 3.05) is 60.5 Å². The Labute approximate surface area is 146 Å². The SMILES string of the molecule is CN=C(NCC1CCCN(C)C1)N(C)CC1CCOC1.I. The van der Waals surface area contributed by atoms with E-state index in [1.54, 1.807) is 0 Å². The molecule has 2 saturated heterocycles. The van der Waals surface area contributed by atoms with Gasteiger partial charge in [0, 0.05) is 46.3 Å². The number of nitrogens with one attached hydrogen (secondary N) is 1. The lowest BCUT2D eigenvalue weighted by Crippen LogP contribution is -2.45. The number of hydrogen-bond donors (Lipinski definition) is 1. The summed E-state index contributed by atoms with van der Waals surface area (Å²) in [5.74, 6) is 2.42. The number of likely N-dealkylation sites (tertiary alicyclic amines) is 1. The fourth-order valence-electron chi connectivity index (χ4n) is 3.26. The quantitative estimate of drug-likeness (QED) is 0.433. The molecular formula is C15H31IN4O. The zero-order valence-corrected chi connectivity index (χ0v) is 16.0. The monoisotopic (exact) mass is 410 g/mol. The highest BCUT2D eigenvalue weighted by Gasteiger charge is 2.21. The second kappa shape index (κ2) is 9.84. The Morgan fingerprint density at radius 2 is 2.19 bits per heavy atom. The van der Waals surface area contributed by atoms with Crippen LogP contribution in [-0.2, 0) is 4.74 Å². The molecule has 2 fully saturated rings. The van der Waals surface area contributed by atoms with E-state index >= 15 is 0 Å². The molecule has 2 heterocycles. The van der Waals surface area contributed by atoms with E-state index in [9.17, 15) is 0 Å². The number of hydrogen-bond acceptors (Lipinski definition) is 3. The number of piperidine rings is 1. The largest absolute Gasteiger partial charge is 0.381 e. The van der Waals surface area contributed by atoms with Crippen LogP contribution in [0.1, 0.15) is 19.3 Å². The summed E-state index contributed by atoms with van der Waals surface area (Å²) < 4.78 is 5.45. The topological polar surface area (TPSA) is 40.1 Å². The third-order valence-corrected chi connectivity index (χ3v) is 4.40. The summed E-state index contributed by atoms with van der Waals surface area (Å²) in [6.07, 6.45) is 3.82. The van der Waals surface area contributed by atoms with Crippen LogP contribution in [0.2, 0.25) is 0 Å². The lowest BCUT2D eigenvalue weighted by Gasteiger charge is -2.31. The zero-order valence-electron chi connectivity index (χ0n) is 13.7. The third-order valence-electron chi connectivity index (χ3n) is 4.40. The van der Waals surface area contributed by atoms with Crippen LogP contribution in [0.25, 0.3) is 0 Å². The molecule has 0 radical (unpaired) electrons. The number of guanidine groups is 1. The zero-order chi connectivity index (χ0) is 14.4. The molecule has 0 aliphatic carbocycles. The van der Waals surface area contributed by atoms with E-state index in [4.69, 9.17) is 4.74 Å². The van der Waals surface area contributed by atoms with Crippen LogP contribution in [0.4, 0.5) is 0 Å². The minimum absolute atomic E-state index is 0. The molecule has 21 heavy (non-hydrogen) atoms. The molecule has 0 aromatic carbocycles. The summed E-state index contributed by atoms with van der Waals surface area (Å²) >= 11 is 0. The van der Waals surface area contributed by atoms with E-state index in [-0.39, 0.29) is 24.0 Å². The van der Waals surface area contributed by atoms with Gasteiger partial charge in [-0.05, 0) is 38.8 Å². The van der Waals surface area contributed by atoms with Gasteiger partial charge in [0.25, 0.3) is 0 Å². The summed E-state index contributed by atoms with van der Waals surface area (Å²) in [5, 5.41) is 3.54. The number of nitrogens with zero attached hydrogens (tertiary/aromatic N) is 3. The van der Waals surface area contributed by atoms with E-state index in [2.05, 4.69) is 34.2 Å². The highest BCUT2D eigenvalue weighted by atomic mass is 127. The first-order chi connectivity index (χ1) is 9.69. The van der Waals surface area contributed by atoms with Crippen molar-refractivity contribution >= 4 is 29.9 Å². The maximum Gasteiger partial charge on any atom is 0.193 e. The summed E-state index contributed by atoms with van der Waals surface area (Å²) in [5.41, 5.74) is 0. The Hall–Kier alpha value is -0.0800.